The van der Waals surface area contributed by atoms with Crippen molar-refractivity contribution < 1.29 is 24.2 Å². The Labute approximate surface area is 200 Å². The van der Waals surface area contributed by atoms with E-state index in [9.17, 15) is 14.7 Å². The van der Waals surface area contributed by atoms with Crippen LogP contribution in [-0.2, 0) is 9.59 Å². The number of aromatic hydroxyl groups is 1. The van der Waals surface area contributed by atoms with E-state index in [-0.39, 0.29) is 36.3 Å². The van der Waals surface area contributed by atoms with Crippen molar-refractivity contribution in [3.63, 3.8) is 0 Å². The molecule has 2 atom stereocenters. The summed E-state index contributed by atoms with van der Waals surface area (Å²) < 4.78 is 11.9. The number of phenolic OH excluding ortho intramolecular Hbond substituents is 1. The Kier molecular flexibility index (Phi) is 6.61. The zero-order chi connectivity index (χ0) is 23.5. The summed E-state index contributed by atoms with van der Waals surface area (Å²) in [6, 6.07) is 13.2. The molecule has 3 aliphatic rings. The molecule has 2 aliphatic carbocycles. The van der Waals surface area contributed by atoms with Gasteiger partial charge < -0.3 is 24.8 Å². The lowest BCUT2D eigenvalue weighted by atomic mass is 9.99. The van der Waals surface area contributed by atoms with Crippen LogP contribution in [0.25, 0.3) is 0 Å². The summed E-state index contributed by atoms with van der Waals surface area (Å²) in [6.45, 7) is 0.103. The lowest BCUT2D eigenvalue weighted by Gasteiger charge is -2.39. The zero-order valence-electron chi connectivity index (χ0n) is 19.3. The smallest absolute Gasteiger partial charge is 0.268 e. The van der Waals surface area contributed by atoms with Crippen molar-refractivity contribution >= 4 is 11.8 Å². The molecule has 2 saturated carbocycles. The molecule has 5 rings (SSSR count). The number of hydrogen-bond acceptors (Lipinski definition) is 5. The fraction of sp³-hybridized carbons (Fsp3) is 0.481. The molecule has 1 heterocycles. The van der Waals surface area contributed by atoms with Crippen molar-refractivity contribution in [3.05, 3.63) is 54.1 Å². The van der Waals surface area contributed by atoms with Crippen molar-refractivity contribution in [2.75, 3.05) is 6.61 Å². The van der Waals surface area contributed by atoms with E-state index in [0.717, 1.165) is 51.4 Å². The minimum absolute atomic E-state index is 0.0543. The third-order valence-electron chi connectivity index (χ3n) is 7.19. The average Bonchev–Trinajstić information content (AvgIpc) is 3.57. The van der Waals surface area contributed by atoms with Crippen LogP contribution < -0.4 is 14.8 Å². The summed E-state index contributed by atoms with van der Waals surface area (Å²) in [5.74, 6) is 0.872. The van der Waals surface area contributed by atoms with Crippen molar-refractivity contribution in [1.82, 2.24) is 10.2 Å². The van der Waals surface area contributed by atoms with Gasteiger partial charge in [-0.2, -0.15) is 0 Å². The molecule has 180 valence electrons. The highest BCUT2D eigenvalue weighted by Gasteiger charge is 2.42. The van der Waals surface area contributed by atoms with E-state index < -0.39 is 12.1 Å². The highest BCUT2D eigenvalue weighted by molar-refractivity contribution is 5.91. The van der Waals surface area contributed by atoms with Gasteiger partial charge in [0.1, 0.15) is 18.4 Å². The summed E-state index contributed by atoms with van der Waals surface area (Å²) in [6.07, 6.45) is 7.04. The van der Waals surface area contributed by atoms with Gasteiger partial charge in [-0.15, -0.1) is 0 Å². The van der Waals surface area contributed by atoms with Gasteiger partial charge in [0.15, 0.2) is 11.5 Å². The van der Waals surface area contributed by atoms with Crippen LogP contribution in [0.15, 0.2) is 48.5 Å². The number of hydrogen-bond donors (Lipinski definition) is 2. The molecule has 7 nitrogen and oxygen atoms in total. The number of nitrogens with zero attached hydrogens (tertiary/aromatic N) is 1. The number of fused-ring (bicyclic) bond motifs is 1. The van der Waals surface area contributed by atoms with Crippen LogP contribution in [0.2, 0.25) is 0 Å². The number of phenols is 1. The van der Waals surface area contributed by atoms with Crippen molar-refractivity contribution in [2.24, 2.45) is 0 Å². The topological polar surface area (TPSA) is 88.1 Å². The van der Waals surface area contributed by atoms with Crippen molar-refractivity contribution in [3.8, 4) is 17.2 Å². The second-order valence-electron chi connectivity index (χ2n) is 9.53. The highest BCUT2D eigenvalue weighted by Crippen LogP contribution is 2.36. The monoisotopic (exact) mass is 464 g/mol. The van der Waals surface area contributed by atoms with Gasteiger partial charge >= 0.3 is 0 Å². The fourth-order valence-corrected chi connectivity index (χ4v) is 5.45. The predicted molar refractivity (Wildman–Crippen MR) is 127 cm³/mol. The van der Waals surface area contributed by atoms with Gasteiger partial charge in [-0.1, -0.05) is 49.9 Å². The van der Waals surface area contributed by atoms with Gasteiger partial charge in [0.05, 0.1) is 0 Å². The Hall–Kier alpha value is -3.22. The lowest BCUT2D eigenvalue weighted by molar-refractivity contribution is -0.151. The molecule has 0 aromatic heterocycles. The van der Waals surface area contributed by atoms with Gasteiger partial charge in [0.25, 0.3) is 5.91 Å². The first-order chi connectivity index (χ1) is 16.6. The number of nitrogens with one attached hydrogen (secondary N) is 1. The van der Waals surface area contributed by atoms with E-state index in [4.69, 9.17) is 9.47 Å². The lowest BCUT2D eigenvalue weighted by Crippen LogP contribution is -2.55. The minimum atomic E-state index is -0.825. The van der Waals surface area contributed by atoms with E-state index in [1.165, 1.54) is 0 Å². The molecule has 0 spiro atoms. The Bertz CT molecular complexity index is 1010. The van der Waals surface area contributed by atoms with Crippen LogP contribution in [0.5, 0.6) is 17.2 Å². The maximum Gasteiger partial charge on any atom is 0.268 e. The van der Waals surface area contributed by atoms with Gasteiger partial charge in [-0.05, 0) is 55.5 Å². The second-order valence-corrected chi connectivity index (χ2v) is 9.53. The molecule has 2 amide bonds. The minimum Gasteiger partial charge on any atom is -0.508 e. The number of benzene rings is 2. The Morgan fingerprint density at radius 3 is 2.26 bits per heavy atom. The molecule has 2 aromatic carbocycles. The molecule has 0 radical (unpaired) electrons. The summed E-state index contributed by atoms with van der Waals surface area (Å²) in [7, 11) is 0. The maximum absolute atomic E-state index is 14.0. The number of carbonyl (C=O) groups is 2. The van der Waals surface area contributed by atoms with Gasteiger partial charge in [0.2, 0.25) is 12.0 Å². The molecule has 2 aromatic rings. The van der Waals surface area contributed by atoms with Crippen LogP contribution in [0.1, 0.15) is 63.0 Å². The third kappa shape index (κ3) is 4.69. The Balaban J connectivity index is 1.48. The van der Waals surface area contributed by atoms with Crippen LogP contribution in [0, 0.1) is 0 Å². The van der Waals surface area contributed by atoms with Crippen molar-refractivity contribution in [1.29, 1.82) is 0 Å². The molecule has 2 N–H and O–H groups in total. The normalized spacial score (nSPS) is 21.2. The standard InChI is InChI=1S/C27H32N2O5/c30-21-15-13-18(14-16-21)25(26(31)28-19-7-1-2-8-19)29(20-9-3-4-10-20)27(32)24-17-33-22-11-5-6-12-23(22)34-24/h5-6,11-16,19-20,24-25,30H,1-4,7-10,17H2,(H,28,31)/t24-,25-/m1/s1. The summed E-state index contributed by atoms with van der Waals surface area (Å²) in [5.41, 5.74) is 0.686. The molecule has 0 unspecified atom stereocenters. The molecule has 7 heteroatoms. The third-order valence-corrected chi connectivity index (χ3v) is 7.19. The molecular weight excluding hydrogens is 432 g/mol. The number of para-hydroxylation sites is 2. The maximum atomic E-state index is 14.0. The number of carbonyl (C=O) groups excluding carboxylic acids is 2. The number of ether oxygens (including phenoxy) is 2. The van der Waals surface area contributed by atoms with E-state index in [2.05, 4.69) is 5.32 Å². The van der Waals surface area contributed by atoms with Gasteiger partial charge in [-0.25, -0.2) is 0 Å². The van der Waals surface area contributed by atoms with Gasteiger partial charge in [0, 0.05) is 12.1 Å². The average molecular weight is 465 g/mol. The van der Waals surface area contributed by atoms with E-state index >= 15 is 0 Å². The number of rotatable bonds is 6. The van der Waals surface area contributed by atoms with Gasteiger partial charge in [-0.3, -0.25) is 9.59 Å². The molecule has 1 aliphatic heterocycles. The van der Waals surface area contributed by atoms with Crippen LogP contribution in [-0.4, -0.2) is 46.6 Å². The molecule has 34 heavy (non-hydrogen) atoms. The van der Waals surface area contributed by atoms with Crippen LogP contribution >= 0.6 is 0 Å². The predicted octanol–water partition coefficient (Wildman–Crippen LogP) is 4.10. The summed E-state index contributed by atoms with van der Waals surface area (Å²) >= 11 is 0. The molecule has 0 saturated heterocycles. The van der Waals surface area contributed by atoms with Crippen LogP contribution in [0.4, 0.5) is 0 Å². The van der Waals surface area contributed by atoms with E-state index in [1.54, 1.807) is 35.2 Å². The van der Waals surface area contributed by atoms with E-state index in [0.29, 0.717) is 17.1 Å². The molecular formula is C27H32N2O5. The fourth-order valence-electron chi connectivity index (χ4n) is 5.45. The zero-order valence-corrected chi connectivity index (χ0v) is 19.3. The van der Waals surface area contributed by atoms with E-state index in [1.807, 2.05) is 18.2 Å². The molecule has 2 fully saturated rings. The summed E-state index contributed by atoms with van der Waals surface area (Å²) in [4.78, 5) is 29.5. The highest BCUT2D eigenvalue weighted by atomic mass is 16.6. The first-order valence-corrected chi connectivity index (χ1v) is 12.4. The van der Waals surface area contributed by atoms with Crippen LogP contribution in [0.3, 0.4) is 0 Å². The summed E-state index contributed by atoms with van der Waals surface area (Å²) in [5, 5.41) is 13.0. The quantitative estimate of drug-likeness (QED) is 0.672. The molecule has 0 bridgehead atoms. The van der Waals surface area contributed by atoms with Crippen molar-refractivity contribution in [2.45, 2.75) is 75.6 Å². The first-order valence-electron chi connectivity index (χ1n) is 12.4. The Morgan fingerprint density at radius 1 is 0.912 bits per heavy atom. The second kappa shape index (κ2) is 9.95. The first kappa shape index (κ1) is 22.6. The number of amides is 2. The SMILES string of the molecule is O=C(NC1CCCC1)[C@@H](c1ccc(O)cc1)N(C(=O)[C@H]1COc2ccccc2O1)C1CCCC1. The largest absolute Gasteiger partial charge is 0.508 e. The Morgan fingerprint density at radius 2 is 1.56 bits per heavy atom.